The van der Waals surface area contributed by atoms with Crippen LogP contribution in [0.25, 0.3) is 0 Å². The van der Waals surface area contributed by atoms with E-state index in [-0.39, 0.29) is 0 Å². The molecule has 0 aliphatic carbocycles. The van der Waals surface area contributed by atoms with Crippen molar-refractivity contribution in [2.75, 3.05) is 33.9 Å². The lowest BCUT2D eigenvalue weighted by Gasteiger charge is -2.29. The topological polar surface area (TPSA) is 33.7 Å². The van der Waals surface area contributed by atoms with Crippen molar-refractivity contribution in [3.05, 3.63) is 23.8 Å². The van der Waals surface area contributed by atoms with Gasteiger partial charge in [-0.2, -0.15) is 0 Å². The zero-order valence-electron chi connectivity index (χ0n) is 13.5. The van der Waals surface area contributed by atoms with E-state index < -0.39 is 0 Å². The highest BCUT2D eigenvalue weighted by Gasteiger charge is 2.14. The molecule has 21 heavy (non-hydrogen) atoms. The van der Waals surface area contributed by atoms with Gasteiger partial charge < -0.3 is 14.8 Å². The third kappa shape index (κ3) is 4.61. The maximum Gasteiger partial charge on any atom is 0.161 e. The van der Waals surface area contributed by atoms with Gasteiger partial charge in [0, 0.05) is 12.6 Å². The van der Waals surface area contributed by atoms with Gasteiger partial charge >= 0.3 is 0 Å². The summed E-state index contributed by atoms with van der Waals surface area (Å²) in [5.41, 5.74) is 1.29. The van der Waals surface area contributed by atoms with Gasteiger partial charge in [-0.15, -0.1) is 0 Å². The smallest absolute Gasteiger partial charge is 0.161 e. The minimum absolute atomic E-state index is 0.665. The van der Waals surface area contributed by atoms with Gasteiger partial charge in [0.05, 0.1) is 14.2 Å². The zero-order chi connectivity index (χ0) is 15.1. The molecule has 1 atom stereocenters. The van der Waals surface area contributed by atoms with Crippen LogP contribution >= 0.6 is 0 Å². The summed E-state index contributed by atoms with van der Waals surface area (Å²) in [5.74, 6) is 1.61. The van der Waals surface area contributed by atoms with E-state index in [4.69, 9.17) is 9.47 Å². The van der Waals surface area contributed by atoms with E-state index in [1.54, 1.807) is 14.2 Å². The molecule has 1 saturated heterocycles. The molecule has 118 valence electrons. The van der Waals surface area contributed by atoms with E-state index in [9.17, 15) is 0 Å². The molecule has 1 aliphatic heterocycles. The summed E-state index contributed by atoms with van der Waals surface area (Å²) in [6.07, 6.45) is 3.65. The quantitative estimate of drug-likeness (QED) is 0.904. The van der Waals surface area contributed by atoms with Crippen molar-refractivity contribution < 1.29 is 9.47 Å². The van der Waals surface area contributed by atoms with Gasteiger partial charge in [-0.1, -0.05) is 13.0 Å². The Morgan fingerprint density at radius 3 is 2.71 bits per heavy atom. The molecule has 1 aromatic rings. The summed E-state index contributed by atoms with van der Waals surface area (Å²) in [7, 11) is 3.36. The van der Waals surface area contributed by atoms with Crippen LogP contribution in [0.5, 0.6) is 11.5 Å². The van der Waals surface area contributed by atoms with Crippen LogP contribution in [0.15, 0.2) is 18.2 Å². The van der Waals surface area contributed by atoms with Gasteiger partial charge in [0.1, 0.15) is 0 Å². The van der Waals surface area contributed by atoms with Crippen LogP contribution in [-0.2, 0) is 6.54 Å². The highest BCUT2D eigenvalue weighted by molar-refractivity contribution is 5.42. The normalized spacial score (nSPS) is 20.6. The second kappa shape index (κ2) is 8.25. The van der Waals surface area contributed by atoms with Crippen LogP contribution in [0.1, 0.15) is 31.7 Å². The number of rotatable bonds is 5. The lowest BCUT2D eigenvalue weighted by atomic mass is 10.1. The van der Waals surface area contributed by atoms with Gasteiger partial charge in [0.25, 0.3) is 0 Å². The number of nitrogens with zero attached hydrogens (tertiary/aromatic N) is 1. The lowest BCUT2D eigenvalue weighted by Crippen LogP contribution is -2.39. The molecule has 0 amide bonds. The Balaban J connectivity index is 1.99. The van der Waals surface area contributed by atoms with Crippen LogP contribution in [0.2, 0.25) is 0 Å². The highest BCUT2D eigenvalue weighted by atomic mass is 16.5. The van der Waals surface area contributed by atoms with Crippen LogP contribution in [0.3, 0.4) is 0 Å². The van der Waals surface area contributed by atoms with E-state index in [2.05, 4.69) is 29.3 Å². The Bertz CT molecular complexity index is 437. The molecule has 2 rings (SSSR count). The Morgan fingerprint density at radius 2 is 2.00 bits per heavy atom. The van der Waals surface area contributed by atoms with Gasteiger partial charge in [-0.05, 0) is 56.6 Å². The summed E-state index contributed by atoms with van der Waals surface area (Å²) >= 11 is 0. The summed E-state index contributed by atoms with van der Waals surface area (Å²) < 4.78 is 10.7. The van der Waals surface area contributed by atoms with E-state index in [1.165, 1.54) is 24.8 Å². The molecular formula is C17H28N2O2. The minimum atomic E-state index is 0.665. The largest absolute Gasteiger partial charge is 0.493 e. The van der Waals surface area contributed by atoms with Gasteiger partial charge in [-0.25, -0.2) is 0 Å². The average Bonchev–Trinajstić information content (AvgIpc) is 2.50. The first kappa shape index (κ1) is 16.1. The summed E-state index contributed by atoms with van der Waals surface area (Å²) in [5, 5.41) is 3.63. The Hall–Kier alpha value is -1.26. The third-order valence-electron chi connectivity index (χ3n) is 4.22. The van der Waals surface area contributed by atoms with Crippen molar-refractivity contribution >= 4 is 0 Å². The van der Waals surface area contributed by atoms with Crippen LogP contribution in [-0.4, -0.2) is 44.8 Å². The first-order valence-electron chi connectivity index (χ1n) is 7.93. The second-order valence-electron chi connectivity index (χ2n) is 5.67. The maximum atomic E-state index is 5.39. The average molecular weight is 292 g/mol. The summed E-state index contributed by atoms with van der Waals surface area (Å²) in [6.45, 7) is 6.67. The monoisotopic (exact) mass is 292 g/mol. The summed E-state index contributed by atoms with van der Waals surface area (Å²) in [4.78, 5) is 2.55. The fourth-order valence-corrected chi connectivity index (χ4v) is 2.90. The van der Waals surface area contributed by atoms with E-state index in [0.717, 1.165) is 37.7 Å². The van der Waals surface area contributed by atoms with Crippen molar-refractivity contribution in [1.29, 1.82) is 0 Å². The van der Waals surface area contributed by atoms with Crippen LogP contribution < -0.4 is 14.8 Å². The number of hydrogen-bond acceptors (Lipinski definition) is 4. The Kier molecular flexibility index (Phi) is 6.33. The molecule has 1 aliphatic rings. The van der Waals surface area contributed by atoms with Crippen molar-refractivity contribution in [3.8, 4) is 11.5 Å². The van der Waals surface area contributed by atoms with E-state index in [1.807, 2.05) is 6.07 Å². The highest BCUT2D eigenvalue weighted by Crippen LogP contribution is 2.28. The molecule has 0 spiro atoms. The number of hydrogen-bond donors (Lipinski definition) is 1. The van der Waals surface area contributed by atoms with E-state index in [0.29, 0.717) is 6.04 Å². The standard InChI is InChI=1S/C17H28N2O2/c1-4-15-8-11-19(10-5-9-18-15)13-14-6-7-16(20-2)17(12-14)21-3/h6-7,12,15,18H,4-5,8-11,13H2,1-3H3. The fraction of sp³-hybridized carbons (Fsp3) is 0.647. The summed E-state index contributed by atoms with van der Waals surface area (Å²) in [6, 6.07) is 6.88. The molecular weight excluding hydrogens is 264 g/mol. The van der Waals surface area contributed by atoms with E-state index >= 15 is 0 Å². The second-order valence-corrected chi connectivity index (χ2v) is 5.67. The Labute approximate surface area is 128 Å². The molecule has 4 heteroatoms. The van der Waals surface area contributed by atoms with Gasteiger partial charge in [0.2, 0.25) is 0 Å². The molecule has 0 bridgehead atoms. The number of benzene rings is 1. The molecule has 1 N–H and O–H groups in total. The van der Waals surface area contributed by atoms with Crippen LogP contribution in [0.4, 0.5) is 0 Å². The molecule has 0 radical (unpaired) electrons. The number of methoxy groups -OCH3 is 2. The van der Waals surface area contributed by atoms with Gasteiger partial charge in [0.15, 0.2) is 11.5 Å². The predicted molar refractivity (Wildman–Crippen MR) is 86.1 cm³/mol. The van der Waals surface area contributed by atoms with Crippen molar-refractivity contribution in [2.45, 2.75) is 38.8 Å². The molecule has 4 nitrogen and oxygen atoms in total. The molecule has 0 aromatic heterocycles. The molecule has 1 unspecified atom stereocenters. The third-order valence-corrected chi connectivity index (χ3v) is 4.22. The first-order valence-corrected chi connectivity index (χ1v) is 7.93. The lowest BCUT2D eigenvalue weighted by molar-refractivity contribution is 0.224. The Morgan fingerprint density at radius 1 is 1.19 bits per heavy atom. The van der Waals surface area contributed by atoms with Crippen molar-refractivity contribution in [1.82, 2.24) is 10.2 Å². The zero-order valence-corrected chi connectivity index (χ0v) is 13.5. The minimum Gasteiger partial charge on any atom is -0.493 e. The molecule has 1 heterocycles. The maximum absolute atomic E-state index is 5.39. The SMILES string of the molecule is CCC1CCN(Cc2ccc(OC)c(OC)c2)CCCN1. The first-order chi connectivity index (χ1) is 10.3. The number of nitrogens with one attached hydrogen (secondary N) is 1. The fourth-order valence-electron chi connectivity index (χ4n) is 2.90. The van der Waals surface area contributed by atoms with Gasteiger partial charge in [-0.3, -0.25) is 4.90 Å². The molecule has 1 aromatic carbocycles. The van der Waals surface area contributed by atoms with Crippen molar-refractivity contribution in [3.63, 3.8) is 0 Å². The van der Waals surface area contributed by atoms with Crippen LogP contribution in [0, 0.1) is 0 Å². The predicted octanol–water partition coefficient (Wildman–Crippen LogP) is 2.67. The number of ether oxygens (including phenoxy) is 2. The molecule has 0 saturated carbocycles. The molecule has 1 fully saturated rings. The van der Waals surface area contributed by atoms with Crippen molar-refractivity contribution in [2.24, 2.45) is 0 Å².